The highest BCUT2D eigenvalue weighted by atomic mass is 19.1. The third-order valence-electron chi connectivity index (χ3n) is 5.13. The summed E-state index contributed by atoms with van der Waals surface area (Å²) < 4.78 is 19.3. The first kappa shape index (κ1) is 17.5. The lowest BCUT2D eigenvalue weighted by molar-refractivity contribution is -0.131. The van der Waals surface area contributed by atoms with Gasteiger partial charge in [0.1, 0.15) is 11.6 Å². The van der Waals surface area contributed by atoms with Crippen LogP contribution in [0.2, 0.25) is 0 Å². The Morgan fingerprint density at radius 3 is 2.52 bits per heavy atom. The number of amides is 2. The van der Waals surface area contributed by atoms with Crippen LogP contribution >= 0.6 is 0 Å². The number of hydrogen-bond donors (Lipinski definition) is 0. The quantitative estimate of drug-likeness (QED) is 0.835. The number of halogens is 1. The third kappa shape index (κ3) is 3.65. The predicted octanol–water partition coefficient (Wildman–Crippen LogP) is 2.29. The molecule has 0 bridgehead atoms. The Morgan fingerprint density at radius 2 is 1.74 bits per heavy atom. The lowest BCUT2D eigenvalue weighted by Gasteiger charge is -2.35. The van der Waals surface area contributed by atoms with Gasteiger partial charge in [0, 0.05) is 32.6 Å². The highest BCUT2D eigenvalue weighted by Gasteiger charge is 2.26. The molecule has 140 valence electrons. The highest BCUT2D eigenvalue weighted by Crippen LogP contribution is 2.26. The van der Waals surface area contributed by atoms with Crippen molar-refractivity contribution >= 4 is 11.8 Å². The van der Waals surface area contributed by atoms with E-state index in [0.717, 1.165) is 23.3 Å². The molecule has 2 amide bonds. The number of carbonyl (C=O) groups excluding carboxylic acids is 2. The smallest absolute Gasteiger partial charge is 0.256 e. The molecule has 2 aromatic rings. The summed E-state index contributed by atoms with van der Waals surface area (Å²) in [7, 11) is 0. The van der Waals surface area contributed by atoms with Gasteiger partial charge in [-0.25, -0.2) is 4.39 Å². The van der Waals surface area contributed by atoms with Crippen LogP contribution in [-0.2, 0) is 17.6 Å². The summed E-state index contributed by atoms with van der Waals surface area (Å²) in [5.41, 5.74) is 2.22. The van der Waals surface area contributed by atoms with Gasteiger partial charge in [0.25, 0.3) is 5.91 Å². The molecule has 0 N–H and O–H groups in total. The van der Waals surface area contributed by atoms with Gasteiger partial charge >= 0.3 is 0 Å². The molecule has 1 saturated heterocycles. The van der Waals surface area contributed by atoms with Gasteiger partial charge in [0.2, 0.25) is 5.91 Å². The summed E-state index contributed by atoms with van der Waals surface area (Å²) in [4.78, 5) is 28.4. The minimum atomic E-state index is -0.512. The fourth-order valence-electron chi connectivity index (χ4n) is 3.60. The molecule has 0 aromatic heterocycles. The third-order valence-corrected chi connectivity index (χ3v) is 5.13. The van der Waals surface area contributed by atoms with Gasteiger partial charge in [-0.1, -0.05) is 24.3 Å². The van der Waals surface area contributed by atoms with Crippen LogP contribution in [0.5, 0.6) is 5.75 Å². The van der Waals surface area contributed by atoms with Crippen LogP contribution in [0.4, 0.5) is 4.39 Å². The fraction of sp³-hybridized carbons (Fsp3) is 0.333. The topological polar surface area (TPSA) is 49.9 Å². The maximum Gasteiger partial charge on any atom is 0.256 e. The molecule has 0 atom stereocenters. The summed E-state index contributed by atoms with van der Waals surface area (Å²) in [5, 5.41) is 0. The Kier molecular flexibility index (Phi) is 4.79. The Morgan fingerprint density at radius 1 is 1.00 bits per heavy atom. The maximum absolute atomic E-state index is 13.8. The molecule has 2 aliphatic heterocycles. The Hall–Kier alpha value is -2.89. The molecule has 1 fully saturated rings. The molecular weight excluding hydrogens is 347 g/mol. The number of hydrogen-bond acceptors (Lipinski definition) is 3. The lowest BCUT2D eigenvalue weighted by atomic mass is 10.1. The average Bonchev–Trinajstić information content (AvgIpc) is 3.16. The zero-order chi connectivity index (χ0) is 18.8. The van der Waals surface area contributed by atoms with Gasteiger partial charge < -0.3 is 14.5 Å². The minimum Gasteiger partial charge on any atom is -0.493 e. The van der Waals surface area contributed by atoms with Crippen molar-refractivity contribution in [3.05, 3.63) is 65.0 Å². The van der Waals surface area contributed by atoms with Crippen molar-refractivity contribution in [3.63, 3.8) is 0 Å². The Labute approximate surface area is 157 Å². The first-order valence-corrected chi connectivity index (χ1v) is 9.18. The van der Waals surface area contributed by atoms with Gasteiger partial charge in [-0.15, -0.1) is 0 Å². The number of benzene rings is 2. The van der Waals surface area contributed by atoms with Gasteiger partial charge in [-0.3, -0.25) is 9.59 Å². The fourth-order valence-corrected chi connectivity index (χ4v) is 3.60. The molecule has 2 aromatic carbocycles. The van der Waals surface area contributed by atoms with Crippen molar-refractivity contribution in [2.45, 2.75) is 12.8 Å². The number of fused-ring (bicyclic) bond motifs is 1. The van der Waals surface area contributed by atoms with Crippen molar-refractivity contribution in [1.82, 2.24) is 9.80 Å². The van der Waals surface area contributed by atoms with Crippen molar-refractivity contribution in [3.8, 4) is 5.75 Å². The van der Waals surface area contributed by atoms with Gasteiger partial charge in [0.15, 0.2) is 0 Å². The van der Waals surface area contributed by atoms with Crippen LogP contribution in [0.3, 0.4) is 0 Å². The molecule has 0 spiro atoms. The number of carbonyl (C=O) groups is 2. The molecule has 27 heavy (non-hydrogen) atoms. The van der Waals surface area contributed by atoms with E-state index in [1.165, 1.54) is 12.1 Å². The number of nitrogens with zero attached hydrogens (tertiary/aromatic N) is 2. The summed E-state index contributed by atoms with van der Waals surface area (Å²) in [6.07, 6.45) is 1.22. The van der Waals surface area contributed by atoms with E-state index in [0.29, 0.717) is 39.2 Å². The monoisotopic (exact) mass is 368 g/mol. The lowest BCUT2D eigenvalue weighted by Crippen LogP contribution is -2.51. The SMILES string of the molecule is O=C(Cc1ccc2c(c1)CCO2)N1CCN(C(=O)c2ccccc2F)CC1. The number of ether oxygens (including phenoxy) is 1. The van der Waals surface area contributed by atoms with Crippen LogP contribution in [-0.4, -0.2) is 54.4 Å². The standard InChI is InChI=1S/C21H21FN2O3/c22-18-4-2-1-3-17(18)21(26)24-10-8-23(9-11-24)20(25)14-15-5-6-19-16(13-15)7-12-27-19/h1-6,13H,7-12,14H2. The molecule has 2 heterocycles. The van der Waals surface area contributed by atoms with Crippen molar-refractivity contribution in [2.24, 2.45) is 0 Å². The van der Waals surface area contributed by atoms with Crippen LogP contribution in [0, 0.1) is 5.82 Å². The van der Waals surface area contributed by atoms with Crippen LogP contribution in [0.15, 0.2) is 42.5 Å². The zero-order valence-electron chi connectivity index (χ0n) is 15.0. The van der Waals surface area contributed by atoms with Gasteiger partial charge in [-0.05, 0) is 29.3 Å². The second-order valence-electron chi connectivity index (χ2n) is 6.87. The van der Waals surface area contributed by atoms with E-state index in [1.54, 1.807) is 21.9 Å². The van der Waals surface area contributed by atoms with E-state index < -0.39 is 5.82 Å². The number of rotatable bonds is 3. The molecule has 0 radical (unpaired) electrons. The molecule has 5 nitrogen and oxygen atoms in total. The Bertz CT molecular complexity index is 875. The van der Waals surface area contributed by atoms with Gasteiger partial charge in [0.05, 0.1) is 18.6 Å². The van der Waals surface area contributed by atoms with E-state index in [4.69, 9.17) is 4.74 Å². The van der Waals surface area contributed by atoms with E-state index in [2.05, 4.69) is 0 Å². The number of piperazine rings is 1. The van der Waals surface area contributed by atoms with E-state index in [-0.39, 0.29) is 17.4 Å². The summed E-state index contributed by atoms with van der Waals surface area (Å²) >= 11 is 0. The molecule has 6 heteroatoms. The molecule has 0 unspecified atom stereocenters. The molecular formula is C21H21FN2O3. The average molecular weight is 368 g/mol. The van der Waals surface area contributed by atoms with E-state index in [1.807, 2.05) is 18.2 Å². The van der Waals surface area contributed by atoms with E-state index in [9.17, 15) is 14.0 Å². The Balaban J connectivity index is 1.34. The normalized spacial score (nSPS) is 16.0. The summed E-state index contributed by atoms with van der Waals surface area (Å²) in [5.74, 6) is 0.124. The van der Waals surface area contributed by atoms with Crippen molar-refractivity contribution < 1.29 is 18.7 Å². The first-order valence-electron chi connectivity index (χ1n) is 9.18. The molecule has 4 rings (SSSR count). The van der Waals surface area contributed by atoms with Crippen LogP contribution in [0.1, 0.15) is 21.5 Å². The zero-order valence-corrected chi connectivity index (χ0v) is 15.0. The molecule has 0 aliphatic carbocycles. The summed E-state index contributed by atoms with van der Waals surface area (Å²) in [6, 6.07) is 11.9. The first-order chi connectivity index (χ1) is 13.1. The predicted molar refractivity (Wildman–Crippen MR) is 98.2 cm³/mol. The van der Waals surface area contributed by atoms with Crippen LogP contribution < -0.4 is 4.74 Å². The highest BCUT2D eigenvalue weighted by molar-refractivity contribution is 5.94. The second-order valence-corrected chi connectivity index (χ2v) is 6.87. The van der Waals surface area contributed by atoms with Crippen LogP contribution in [0.25, 0.3) is 0 Å². The minimum absolute atomic E-state index is 0.0480. The molecule has 0 saturated carbocycles. The summed E-state index contributed by atoms with van der Waals surface area (Å²) in [6.45, 7) is 2.46. The van der Waals surface area contributed by atoms with Gasteiger partial charge in [-0.2, -0.15) is 0 Å². The second kappa shape index (κ2) is 7.39. The van der Waals surface area contributed by atoms with E-state index >= 15 is 0 Å². The maximum atomic E-state index is 13.8. The van der Waals surface area contributed by atoms with Crippen molar-refractivity contribution in [1.29, 1.82) is 0 Å². The molecule has 2 aliphatic rings. The van der Waals surface area contributed by atoms with Crippen molar-refractivity contribution in [2.75, 3.05) is 32.8 Å². The largest absolute Gasteiger partial charge is 0.493 e.